The van der Waals surface area contributed by atoms with Gasteiger partial charge in [0.25, 0.3) is 11.8 Å². The Kier molecular flexibility index (Phi) is 5.43. The number of benzene rings is 1. The minimum Gasteiger partial charge on any atom is -0.452 e. The van der Waals surface area contributed by atoms with Crippen LogP contribution in [0.25, 0.3) is 0 Å². The zero-order valence-electron chi connectivity index (χ0n) is 12.0. The van der Waals surface area contributed by atoms with Crippen LogP contribution in [-0.4, -0.2) is 24.4 Å². The van der Waals surface area contributed by atoms with E-state index in [1.807, 2.05) is 19.1 Å². The molecule has 2 amide bonds. The van der Waals surface area contributed by atoms with E-state index in [0.717, 1.165) is 12.0 Å². The highest BCUT2D eigenvalue weighted by atomic mass is 32.1. The highest BCUT2D eigenvalue weighted by Crippen LogP contribution is 2.08. The predicted molar refractivity (Wildman–Crippen MR) is 82.9 cm³/mol. The first-order chi connectivity index (χ1) is 10.6. The van der Waals surface area contributed by atoms with Gasteiger partial charge in [-0.05, 0) is 35.6 Å². The summed E-state index contributed by atoms with van der Waals surface area (Å²) in [6.07, 6.45) is 0.878. The molecular weight excluding hydrogens is 302 g/mol. The van der Waals surface area contributed by atoms with E-state index in [4.69, 9.17) is 4.74 Å². The summed E-state index contributed by atoms with van der Waals surface area (Å²) in [6, 6.07) is 10.3. The number of rotatable bonds is 5. The highest BCUT2D eigenvalue weighted by molar-refractivity contribution is 7.12. The van der Waals surface area contributed by atoms with E-state index < -0.39 is 24.4 Å². The van der Waals surface area contributed by atoms with Crippen LogP contribution in [0.15, 0.2) is 41.8 Å². The summed E-state index contributed by atoms with van der Waals surface area (Å²) in [7, 11) is 0. The summed E-state index contributed by atoms with van der Waals surface area (Å²) in [5.74, 6) is -1.75. The van der Waals surface area contributed by atoms with E-state index in [2.05, 4.69) is 5.32 Å². The summed E-state index contributed by atoms with van der Waals surface area (Å²) in [4.78, 5) is 35.4. The first kappa shape index (κ1) is 15.9. The van der Waals surface area contributed by atoms with Gasteiger partial charge in [0.15, 0.2) is 6.61 Å². The number of esters is 1. The van der Waals surface area contributed by atoms with E-state index in [1.54, 1.807) is 29.6 Å². The molecule has 0 aliphatic carbocycles. The number of carbonyl (C=O) groups excluding carboxylic acids is 3. The standard InChI is InChI=1S/C16H15NO4S/c1-2-11-5-7-12(8-6-11)16(20)21-10-14(18)17-15(19)13-4-3-9-22-13/h3-9H,2,10H2,1H3,(H,17,18,19). The molecule has 0 saturated carbocycles. The molecule has 114 valence electrons. The van der Waals surface area contributed by atoms with Crippen LogP contribution in [0, 0.1) is 0 Å². The molecule has 0 atom stereocenters. The molecule has 2 rings (SSSR count). The average Bonchev–Trinajstić information content (AvgIpc) is 3.07. The minimum absolute atomic E-state index is 0.370. The van der Waals surface area contributed by atoms with Gasteiger partial charge in [0.2, 0.25) is 0 Å². The van der Waals surface area contributed by atoms with Crippen molar-refractivity contribution in [2.75, 3.05) is 6.61 Å². The summed E-state index contributed by atoms with van der Waals surface area (Å²) < 4.78 is 4.88. The molecule has 0 aliphatic heterocycles. The Morgan fingerprint density at radius 2 is 1.86 bits per heavy atom. The molecule has 0 bridgehead atoms. The fraction of sp³-hybridized carbons (Fsp3) is 0.188. The van der Waals surface area contributed by atoms with E-state index in [0.29, 0.717) is 10.4 Å². The Hall–Kier alpha value is -2.47. The van der Waals surface area contributed by atoms with Crippen molar-refractivity contribution >= 4 is 29.1 Å². The number of imide groups is 1. The molecule has 0 aliphatic rings. The van der Waals surface area contributed by atoms with Gasteiger partial charge in [0, 0.05) is 0 Å². The van der Waals surface area contributed by atoms with Crippen LogP contribution in [0.2, 0.25) is 0 Å². The lowest BCUT2D eigenvalue weighted by molar-refractivity contribution is -0.123. The van der Waals surface area contributed by atoms with Gasteiger partial charge in [-0.25, -0.2) is 4.79 Å². The van der Waals surface area contributed by atoms with E-state index >= 15 is 0 Å². The van der Waals surface area contributed by atoms with E-state index in [-0.39, 0.29) is 0 Å². The zero-order chi connectivity index (χ0) is 15.9. The van der Waals surface area contributed by atoms with Gasteiger partial charge in [0.1, 0.15) is 0 Å². The van der Waals surface area contributed by atoms with Crippen molar-refractivity contribution < 1.29 is 19.1 Å². The largest absolute Gasteiger partial charge is 0.452 e. The molecular formula is C16H15NO4S. The van der Waals surface area contributed by atoms with Crippen LogP contribution in [-0.2, 0) is 16.0 Å². The van der Waals surface area contributed by atoms with Crippen molar-refractivity contribution in [2.24, 2.45) is 0 Å². The zero-order valence-corrected chi connectivity index (χ0v) is 12.8. The predicted octanol–water partition coefficient (Wildman–Crippen LogP) is 2.42. The Labute approximate surface area is 131 Å². The molecule has 0 saturated heterocycles. The third kappa shape index (κ3) is 4.26. The number of hydrogen-bond donors (Lipinski definition) is 1. The fourth-order valence-corrected chi connectivity index (χ4v) is 2.34. The number of aryl methyl sites for hydroxylation is 1. The smallest absolute Gasteiger partial charge is 0.338 e. The van der Waals surface area contributed by atoms with Gasteiger partial charge in [-0.3, -0.25) is 14.9 Å². The van der Waals surface area contributed by atoms with Crippen LogP contribution in [0.1, 0.15) is 32.5 Å². The third-order valence-corrected chi connectivity index (χ3v) is 3.80. The molecule has 0 spiro atoms. The number of ether oxygens (including phenoxy) is 1. The Morgan fingerprint density at radius 3 is 2.45 bits per heavy atom. The quantitative estimate of drug-likeness (QED) is 0.860. The van der Waals surface area contributed by atoms with Gasteiger partial charge >= 0.3 is 5.97 Å². The highest BCUT2D eigenvalue weighted by Gasteiger charge is 2.14. The van der Waals surface area contributed by atoms with Crippen molar-refractivity contribution in [3.8, 4) is 0 Å². The minimum atomic E-state index is -0.656. The number of carbonyl (C=O) groups is 3. The monoisotopic (exact) mass is 317 g/mol. The second-order valence-electron chi connectivity index (χ2n) is 4.48. The lowest BCUT2D eigenvalue weighted by Gasteiger charge is -2.05. The molecule has 1 N–H and O–H groups in total. The first-order valence-electron chi connectivity index (χ1n) is 6.74. The van der Waals surface area contributed by atoms with E-state index in [9.17, 15) is 14.4 Å². The van der Waals surface area contributed by atoms with Crippen LogP contribution in [0.4, 0.5) is 0 Å². The number of hydrogen-bond acceptors (Lipinski definition) is 5. The topological polar surface area (TPSA) is 72.5 Å². The second kappa shape index (κ2) is 7.51. The normalized spacial score (nSPS) is 10.0. The van der Waals surface area contributed by atoms with Crippen molar-refractivity contribution in [1.82, 2.24) is 5.32 Å². The SMILES string of the molecule is CCc1ccc(C(=O)OCC(=O)NC(=O)c2cccs2)cc1. The van der Waals surface area contributed by atoms with Crippen molar-refractivity contribution in [2.45, 2.75) is 13.3 Å². The molecule has 2 aromatic rings. The molecule has 1 aromatic heterocycles. The van der Waals surface area contributed by atoms with Crippen LogP contribution >= 0.6 is 11.3 Å². The number of amides is 2. The fourth-order valence-electron chi connectivity index (χ4n) is 1.72. The summed E-state index contributed by atoms with van der Waals surface area (Å²) in [5.41, 5.74) is 1.48. The van der Waals surface area contributed by atoms with Crippen LogP contribution in [0.3, 0.4) is 0 Å². The third-order valence-electron chi connectivity index (χ3n) is 2.93. The summed E-state index contributed by atoms with van der Waals surface area (Å²) >= 11 is 1.23. The first-order valence-corrected chi connectivity index (χ1v) is 7.62. The second-order valence-corrected chi connectivity index (χ2v) is 5.43. The molecule has 22 heavy (non-hydrogen) atoms. The maximum atomic E-state index is 11.8. The van der Waals surface area contributed by atoms with Crippen molar-refractivity contribution in [3.05, 3.63) is 57.8 Å². The maximum absolute atomic E-state index is 11.8. The summed E-state index contributed by atoms with van der Waals surface area (Å²) in [6.45, 7) is 1.52. The average molecular weight is 317 g/mol. The maximum Gasteiger partial charge on any atom is 0.338 e. The lowest BCUT2D eigenvalue weighted by atomic mass is 10.1. The van der Waals surface area contributed by atoms with Crippen LogP contribution < -0.4 is 5.32 Å². The molecule has 0 radical (unpaired) electrons. The van der Waals surface area contributed by atoms with E-state index in [1.165, 1.54) is 11.3 Å². The molecule has 0 unspecified atom stereocenters. The number of nitrogens with one attached hydrogen (secondary N) is 1. The molecule has 6 heteroatoms. The Balaban J connectivity index is 1.82. The molecule has 0 fully saturated rings. The summed E-state index contributed by atoms with van der Waals surface area (Å²) in [5, 5.41) is 3.90. The van der Waals surface area contributed by atoms with Gasteiger partial charge < -0.3 is 4.74 Å². The number of thiophene rings is 1. The Morgan fingerprint density at radius 1 is 1.14 bits per heavy atom. The van der Waals surface area contributed by atoms with Crippen LogP contribution in [0.5, 0.6) is 0 Å². The van der Waals surface area contributed by atoms with Gasteiger partial charge in [-0.1, -0.05) is 25.1 Å². The van der Waals surface area contributed by atoms with Crippen molar-refractivity contribution in [1.29, 1.82) is 0 Å². The molecule has 5 nitrogen and oxygen atoms in total. The lowest BCUT2D eigenvalue weighted by Crippen LogP contribution is -2.33. The van der Waals surface area contributed by atoms with Gasteiger partial charge in [0.05, 0.1) is 10.4 Å². The van der Waals surface area contributed by atoms with Crippen molar-refractivity contribution in [3.63, 3.8) is 0 Å². The Bertz CT molecular complexity index is 662. The van der Waals surface area contributed by atoms with Gasteiger partial charge in [-0.2, -0.15) is 0 Å². The van der Waals surface area contributed by atoms with Gasteiger partial charge in [-0.15, -0.1) is 11.3 Å². The molecule has 1 heterocycles. The molecule has 1 aromatic carbocycles.